The van der Waals surface area contributed by atoms with Crippen LogP contribution in [0.4, 0.5) is 0 Å². The number of benzene rings is 1. The van der Waals surface area contributed by atoms with Gasteiger partial charge in [0.05, 0.1) is 0 Å². The van der Waals surface area contributed by atoms with Crippen molar-refractivity contribution in [2.45, 2.75) is 26.2 Å². The van der Waals surface area contributed by atoms with Crippen LogP contribution in [0.3, 0.4) is 0 Å². The number of hydrogen-bond donors (Lipinski definition) is 0. The lowest BCUT2D eigenvalue weighted by Crippen LogP contribution is -2.02. The monoisotopic (exact) mass is 196 g/mol. The van der Waals surface area contributed by atoms with Crippen molar-refractivity contribution >= 4 is 11.6 Å². The number of rotatable bonds is 4. The summed E-state index contributed by atoms with van der Waals surface area (Å²) in [6.07, 6.45) is 1.17. The quantitative estimate of drug-likeness (QED) is 0.638. The smallest absolute Gasteiger partial charge is 0.0249 e. The second-order valence-corrected chi connectivity index (χ2v) is 4.12. The molecule has 1 rings (SSSR count). The third-order valence-corrected chi connectivity index (χ3v) is 2.91. The molecule has 0 nitrogen and oxygen atoms in total. The summed E-state index contributed by atoms with van der Waals surface area (Å²) in [5.74, 6) is 1.99. The fraction of sp³-hybridized carbons (Fsp3) is 0.500. The van der Waals surface area contributed by atoms with Crippen LogP contribution in [0.15, 0.2) is 30.3 Å². The Balaban J connectivity index is 2.53. The minimum atomic E-state index is 0.608. The lowest BCUT2D eigenvalue weighted by molar-refractivity contribution is 0.528. The molecule has 0 saturated heterocycles. The van der Waals surface area contributed by atoms with Gasteiger partial charge in [-0.3, -0.25) is 0 Å². The number of alkyl halides is 1. The highest BCUT2D eigenvalue weighted by Gasteiger charge is 2.08. The van der Waals surface area contributed by atoms with Gasteiger partial charge in [-0.15, -0.1) is 11.6 Å². The maximum Gasteiger partial charge on any atom is 0.0249 e. The van der Waals surface area contributed by atoms with E-state index in [1.54, 1.807) is 0 Å². The van der Waals surface area contributed by atoms with Crippen molar-refractivity contribution in [3.8, 4) is 0 Å². The molecular weight excluding hydrogens is 180 g/mol. The summed E-state index contributed by atoms with van der Waals surface area (Å²) in [6, 6.07) is 10.6. The van der Waals surface area contributed by atoms with Crippen molar-refractivity contribution in [1.82, 2.24) is 0 Å². The molecule has 0 bridgehead atoms. The molecule has 0 spiro atoms. The molecular formula is C12H17Cl. The van der Waals surface area contributed by atoms with Gasteiger partial charge in [0.2, 0.25) is 0 Å². The summed E-state index contributed by atoms with van der Waals surface area (Å²) in [5, 5.41) is 0. The zero-order valence-corrected chi connectivity index (χ0v) is 9.09. The molecule has 1 aromatic rings. The molecule has 0 N–H and O–H groups in total. The van der Waals surface area contributed by atoms with Gasteiger partial charge in [-0.1, -0.05) is 44.2 Å². The highest BCUT2D eigenvalue weighted by Crippen LogP contribution is 2.23. The summed E-state index contributed by atoms with van der Waals surface area (Å²) in [6.45, 7) is 4.46. The van der Waals surface area contributed by atoms with Gasteiger partial charge in [-0.25, -0.2) is 0 Å². The molecule has 0 aromatic heterocycles. The van der Waals surface area contributed by atoms with E-state index in [0.717, 1.165) is 5.88 Å². The van der Waals surface area contributed by atoms with E-state index in [-0.39, 0.29) is 0 Å². The van der Waals surface area contributed by atoms with Crippen LogP contribution in [0, 0.1) is 5.92 Å². The second-order valence-electron chi connectivity index (χ2n) is 3.81. The summed E-state index contributed by atoms with van der Waals surface area (Å²) >= 11 is 5.78. The molecule has 0 fully saturated rings. The molecule has 2 atom stereocenters. The van der Waals surface area contributed by atoms with Crippen LogP contribution >= 0.6 is 11.6 Å². The van der Waals surface area contributed by atoms with E-state index in [4.69, 9.17) is 11.6 Å². The van der Waals surface area contributed by atoms with Gasteiger partial charge in [0.25, 0.3) is 0 Å². The Morgan fingerprint density at radius 3 is 2.31 bits per heavy atom. The van der Waals surface area contributed by atoms with Crippen LogP contribution in [0.1, 0.15) is 31.7 Å². The molecule has 72 valence electrons. The molecule has 13 heavy (non-hydrogen) atoms. The Morgan fingerprint density at radius 2 is 1.77 bits per heavy atom. The normalized spacial score (nSPS) is 15.3. The molecule has 2 unspecified atom stereocenters. The molecule has 0 radical (unpaired) electrons. The van der Waals surface area contributed by atoms with Crippen LogP contribution < -0.4 is 0 Å². The summed E-state index contributed by atoms with van der Waals surface area (Å²) in [4.78, 5) is 0. The van der Waals surface area contributed by atoms with E-state index in [0.29, 0.717) is 11.8 Å². The Kier molecular flexibility index (Phi) is 4.31. The highest BCUT2D eigenvalue weighted by atomic mass is 35.5. The van der Waals surface area contributed by atoms with Crippen LogP contribution in [-0.4, -0.2) is 5.88 Å². The van der Waals surface area contributed by atoms with Crippen molar-refractivity contribution in [2.75, 3.05) is 5.88 Å². The molecule has 0 heterocycles. The first-order valence-corrected chi connectivity index (χ1v) is 5.38. The van der Waals surface area contributed by atoms with E-state index in [2.05, 4.69) is 44.2 Å². The average Bonchev–Trinajstić information content (AvgIpc) is 2.19. The van der Waals surface area contributed by atoms with Gasteiger partial charge in [0.1, 0.15) is 0 Å². The minimum Gasteiger partial charge on any atom is -0.126 e. The van der Waals surface area contributed by atoms with Crippen molar-refractivity contribution in [1.29, 1.82) is 0 Å². The van der Waals surface area contributed by atoms with Crippen LogP contribution in [-0.2, 0) is 0 Å². The van der Waals surface area contributed by atoms with Gasteiger partial charge in [0.15, 0.2) is 0 Å². The van der Waals surface area contributed by atoms with Crippen molar-refractivity contribution in [2.24, 2.45) is 5.92 Å². The van der Waals surface area contributed by atoms with Crippen molar-refractivity contribution in [3.05, 3.63) is 35.9 Å². The molecule has 0 amide bonds. The molecule has 1 heteroatoms. The van der Waals surface area contributed by atoms with E-state index in [1.165, 1.54) is 12.0 Å². The van der Waals surface area contributed by atoms with Crippen molar-refractivity contribution < 1.29 is 0 Å². The maximum atomic E-state index is 5.78. The topological polar surface area (TPSA) is 0 Å². The Labute approximate surface area is 85.9 Å². The largest absolute Gasteiger partial charge is 0.126 e. The van der Waals surface area contributed by atoms with Crippen LogP contribution in [0.25, 0.3) is 0 Å². The van der Waals surface area contributed by atoms with Gasteiger partial charge < -0.3 is 0 Å². The number of hydrogen-bond acceptors (Lipinski definition) is 0. The zero-order valence-electron chi connectivity index (χ0n) is 8.33. The van der Waals surface area contributed by atoms with E-state index < -0.39 is 0 Å². The zero-order chi connectivity index (χ0) is 9.68. The van der Waals surface area contributed by atoms with Crippen LogP contribution in [0.2, 0.25) is 0 Å². The molecule has 0 aliphatic heterocycles. The molecule has 1 aromatic carbocycles. The first-order chi connectivity index (χ1) is 6.24. The van der Waals surface area contributed by atoms with E-state index >= 15 is 0 Å². The third-order valence-electron chi connectivity index (χ3n) is 2.39. The molecule has 0 saturated carbocycles. The fourth-order valence-electron chi connectivity index (χ4n) is 1.58. The maximum absolute atomic E-state index is 5.78. The van der Waals surface area contributed by atoms with Gasteiger partial charge in [0, 0.05) is 5.88 Å². The lowest BCUT2D eigenvalue weighted by atomic mass is 9.92. The Bertz CT molecular complexity index is 230. The predicted molar refractivity (Wildman–Crippen MR) is 59.4 cm³/mol. The summed E-state index contributed by atoms with van der Waals surface area (Å²) in [7, 11) is 0. The van der Waals surface area contributed by atoms with Gasteiger partial charge in [-0.05, 0) is 23.8 Å². The van der Waals surface area contributed by atoms with Gasteiger partial charge in [-0.2, -0.15) is 0 Å². The first kappa shape index (κ1) is 10.6. The van der Waals surface area contributed by atoms with Crippen molar-refractivity contribution in [3.63, 3.8) is 0 Å². The Morgan fingerprint density at radius 1 is 1.15 bits per heavy atom. The SMILES string of the molecule is CC(CCl)CC(C)c1ccccc1. The minimum absolute atomic E-state index is 0.608. The van der Waals surface area contributed by atoms with Crippen LogP contribution in [0.5, 0.6) is 0 Å². The third kappa shape index (κ3) is 3.40. The molecule has 0 aliphatic carbocycles. The molecule has 0 aliphatic rings. The summed E-state index contributed by atoms with van der Waals surface area (Å²) < 4.78 is 0. The second kappa shape index (κ2) is 5.29. The lowest BCUT2D eigenvalue weighted by Gasteiger charge is -2.15. The predicted octanol–water partition coefficient (Wildman–Crippen LogP) is 4.06. The van der Waals surface area contributed by atoms with Gasteiger partial charge >= 0.3 is 0 Å². The standard InChI is InChI=1S/C12H17Cl/c1-10(9-13)8-11(2)12-6-4-3-5-7-12/h3-7,10-11H,8-9H2,1-2H3. The van der Waals surface area contributed by atoms with E-state index in [1.807, 2.05) is 0 Å². The average molecular weight is 197 g/mol. The fourth-order valence-corrected chi connectivity index (χ4v) is 1.71. The summed E-state index contributed by atoms with van der Waals surface area (Å²) in [5.41, 5.74) is 1.42. The number of halogens is 1. The van der Waals surface area contributed by atoms with E-state index in [9.17, 15) is 0 Å². The highest BCUT2D eigenvalue weighted by molar-refractivity contribution is 6.18. The first-order valence-electron chi connectivity index (χ1n) is 4.85. The Hall–Kier alpha value is -0.490.